The Balaban J connectivity index is 1.59. The van der Waals surface area contributed by atoms with Gasteiger partial charge in [0.1, 0.15) is 0 Å². The summed E-state index contributed by atoms with van der Waals surface area (Å²) >= 11 is 0. The lowest BCUT2D eigenvalue weighted by molar-refractivity contribution is -0.121. The summed E-state index contributed by atoms with van der Waals surface area (Å²) in [5.41, 5.74) is 0. The van der Waals surface area contributed by atoms with E-state index in [0.29, 0.717) is 26.2 Å². The number of hydrogen-bond acceptors (Lipinski definition) is 5. The fourth-order valence-corrected chi connectivity index (χ4v) is 4.41. The lowest BCUT2D eigenvalue weighted by Crippen LogP contribution is -2.43. The second-order valence-electron chi connectivity index (χ2n) is 5.35. The first-order valence-corrected chi connectivity index (χ1v) is 8.65. The van der Waals surface area contributed by atoms with Crippen LogP contribution in [0.4, 0.5) is 0 Å². The van der Waals surface area contributed by atoms with E-state index >= 15 is 0 Å². The van der Waals surface area contributed by atoms with Gasteiger partial charge in [-0.2, -0.15) is 0 Å². The van der Waals surface area contributed by atoms with Crippen molar-refractivity contribution < 1.29 is 17.9 Å². The van der Waals surface area contributed by atoms with Crippen molar-refractivity contribution in [3.63, 3.8) is 0 Å². The smallest absolute Gasteiger partial charge is 0.234 e. The Labute approximate surface area is 114 Å². The maximum atomic E-state index is 11.7. The monoisotopic (exact) mass is 290 g/mol. The number of ether oxygens (including phenoxy) is 1. The van der Waals surface area contributed by atoms with Crippen molar-refractivity contribution in [2.45, 2.75) is 25.3 Å². The standard InChI is InChI=1S/C12H22N2O4S/c15-12(14-11-1-4-18-5-2-11)8-13-7-10-3-6-19(16,17)9-10/h10-11,13H,1-9H2,(H,14,15). The molecule has 2 aliphatic heterocycles. The van der Waals surface area contributed by atoms with Crippen LogP contribution >= 0.6 is 0 Å². The van der Waals surface area contributed by atoms with Gasteiger partial charge in [0.05, 0.1) is 18.1 Å². The zero-order valence-corrected chi connectivity index (χ0v) is 11.9. The zero-order chi connectivity index (χ0) is 13.7. The predicted molar refractivity (Wildman–Crippen MR) is 71.6 cm³/mol. The van der Waals surface area contributed by atoms with Crippen LogP contribution in [-0.2, 0) is 19.4 Å². The molecular weight excluding hydrogens is 268 g/mol. The van der Waals surface area contributed by atoms with Crippen molar-refractivity contribution in [3.05, 3.63) is 0 Å². The summed E-state index contributed by atoms with van der Waals surface area (Å²) in [4.78, 5) is 11.7. The number of amides is 1. The van der Waals surface area contributed by atoms with Crippen LogP contribution in [0.15, 0.2) is 0 Å². The van der Waals surface area contributed by atoms with Gasteiger partial charge in [0.2, 0.25) is 5.91 Å². The van der Waals surface area contributed by atoms with E-state index in [0.717, 1.165) is 12.8 Å². The number of nitrogens with one attached hydrogen (secondary N) is 2. The number of carbonyl (C=O) groups excluding carboxylic acids is 1. The number of hydrogen-bond donors (Lipinski definition) is 2. The van der Waals surface area contributed by atoms with E-state index in [1.54, 1.807) is 0 Å². The minimum Gasteiger partial charge on any atom is -0.381 e. The van der Waals surface area contributed by atoms with Crippen LogP contribution in [0.2, 0.25) is 0 Å². The second kappa shape index (κ2) is 6.67. The molecule has 0 bridgehead atoms. The van der Waals surface area contributed by atoms with E-state index in [1.807, 2.05) is 0 Å². The van der Waals surface area contributed by atoms with E-state index in [1.165, 1.54) is 0 Å². The molecule has 110 valence electrons. The van der Waals surface area contributed by atoms with E-state index < -0.39 is 9.84 Å². The molecule has 2 heterocycles. The highest BCUT2D eigenvalue weighted by Gasteiger charge is 2.27. The minimum atomic E-state index is -2.82. The van der Waals surface area contributed by atoms with Crippen molar-refractivity contribution >= 4 is 15.7 Å². The highest BCUT2D eigenvalue weighted by molar-refractivity contribution is 7.91. The van der Waals surface area contributed by atoms with Crippen LogP contribution < -0.4 is 10.6 Å². The Bertz CT molecular complexity index is 404. The summed E-state index contributed by atoms with van der Waals surface area (Å²) in [6, 6.07) is 0.218. The molecule has 1 unspecified atom stereocenters. The van der Waals surface area contributed by atoms with Crippen LogP contribution in [0.3, 0.4) is 0 Å². The minimum absolute atomic E-state index is 0.0206. The summed E-state index contributed by atoms with van der Waals surface area (Å²) in [7, 11) is -2.82. The highest BCUT2D eigenvalue weighted by atomic mass is 32.2. The molecule has 6 nitrogen and oxygen atoms in total. The Hall–Kier alpha value is -0.660. The average Bonchev–Trinajstić information content (AvgIpc) is 2.70. The summed E-state index contributed by atoms with van der Waals surface area (Å²) < 4.78 is 27.8. The molecule has 0 aromatic heterocycles. The van der Waals surface area contributed by atoms with Gasteiger partial charge in [-0.1, -0.05) is 0 Å². The summed E-state index contributed by atoms with van der Waals surface area (Å²) in [6.45, 7) is 2.27. The van der Waals surface area contributed by atoms with Gasteiger partial charge in [0.15, 0.2) is 9.84 Å². The molecule has 2 saturated heterocycles. The van der Waals surface area contributed by atoms with Crippen LogP contribution in [0.5, 0.6) is 0 Å². The molecule has 1 atom stereocenters. The van der Waals surface area contributed by atoms with Crippen molar-refractivity contribution in [2.75, 3.05) is 37.8 Å². The van der Waals surface area contributed by atoms with Gasteiger partial charge >= 0.3 is 0 Å². The molecule has 0 saturated carbocycles. The van der Waals surface area contributed by atoms with Gasteiger partial charge in [-0.05, 0) is 31.7 Å². The van der Waals surface area contributed by atoms with Crippen LogP contribution in [0, 0.1) is 5.92 Å². The molecule has 0 aromatic rings. The fraction of sp³-hybridized carbons (Fsp3) is 0.917. The SMILES string of the molecule is O=C(CNCC1CCS(=O)(=O)C1)NC1CCOCC1. The van der Waals surface area contributed by atoms with Crippen molar-refractivity contribution in [2.24, 2.45) is 5.92 Å². The first-order valence-electron chi connectivity index (χ1n) is 6.83. The maximum absolute atomic E-state index is 11.7. The lowest BCUT2D eigenvalue weighted by atomic mass is 10.1. The quantitative estimate of drug-likeness (QED) is 0.700. The van der Waals surface area contributed by atoms with Crippen LogP contribution in [0.25, 0.3) is 0 Å². The predicted octanol–water partition coefficient (Wildman–Crippen LogP) is -0.694. The van der Waals surface area contributed by atoms with E-state index in [9.17, 15) is 13.2 Å². The third kappa shape index (κ3) is 5.08. The Morgan fingerprint density at radius 3 is 2.58 bits per heavy atom. The van der Waals surface area contributed by atoms with Gasteiger partial charge in [-0.25, -0.2) is 8.42 Å². The van der Waals surface area contributed by atoms with E-state index in [2.05, 4.69) is 10.6 Å². The van der Waals surface area contributed by atoms with Gasteiger partial charge < -0.3 is 15.4 Å². The molecule has 1 amide bonds. The zero-order valence-electron chi connectivity index (χ0n) is 11.1. The molecular formula is C12H22N2O4S. The molecule has 2 fully saturated rings. The third-order valence-corrected chi connectivity index (χ3v) is 5.47. The van der Waals surface area contributed by atoms with Gasteiger partial charge in [0, 0.05) is 19.3 Å². The van der Waals surface area contributed by atoms with Crippen molar-refractivity contribution in [1.82, 2.24) is 10.6 Å². The normalized spacial score (nSPS) is 27.3. The Morgan fingerprint density at radius 2 is 1.95 bits per heavy atom. The molecule has 0 radical (unpaired) electrons. The highest BCUT2D eigenvalue weighted by Crippen LogP contribution is 2.17. The lowest BCUT2D eigenvalue weighted by Gasteiger charge is -2.23. The summed E-state index contributed by atoms with van der Waals surface area (Å²) in [5, 5.41) is 6.01. The third-order valence-electron chi connectivity index (χ3n) is 3.63. The van der Waals surface area contributed by atoms with Crippen molar-refractivity contribution in [3.8, 4) is 0 Å². The van der Waals surface area contributed by atoms with E-state index in [-0.39, 0.29) is 35.9 Å². The molecule has 7 heteroatoms. The number of sulfone groups is 1. The summed E-state index contributed by atoms with van der Waals surface area (Å²) in [5.74, 6) is 0.670. The first-order chi connectivity index (χ1) is 9.05. The Kier molecular flexibility index (Phi) is 5.18. The molecule has 2 N–H and O–H groups in total. The first kappa shape index (κ1) is 14.7. The molecule has 0 spiro atoms. The average molecular weight is 290 g/mol. The fourth-order valence-electron chi connectivity index (χ4n) is 2.54. The molecule has 2 rings (SSSR count). The van der Waals surface area contributed by atoms with Crippen molar-refractivity contribution in [1.29, 1.82) is 0 Å². The van der Waals surface area contributed by atoms with Crippen LogP contribution in [0.1, 0.15) is 19.3 Å². The number of rotatable bonds is 5. The van der Waals surface area contributed by atoms with Gasteiger partial charge in [-0.3, -0.25) is 4.79 Å². The molecule has 0 aliphatic carbocycles. The number of carbonyl (C=O) groups is 1. The maximum Gasteiger partial charge on any atom is 0.234 e. The van der Waals surface area contributed by atoms with Crippen LogP contribution in [-0.4, -0.2) is 58.2 Å². The van der Waals surface area contributed by atoms with Gasteiger partial charge in [0.25, 0.3) is 0 Å². The molecule has 19 heavy (non-hydrogen) atoms. The van der Waals surface area contributed by atoms with E-state index in [4.69, 9.17) is 4.74 Å². The second-order valence-corrected chi connectivity index (χ2v) is 7.58. The topological polar surface area (TPSA) is 84.5 Å². The summed E-state index contributed by atoms with van der Waals surface area (Å²) in [6.07, 6.45) is 2.44. The Morgan fingerprint density at radius 1 is 1.21 bits per heavy atom. The largest absolute Gasteiger partial charge is 0.381 e. The van der Waals surface area contributed by atoms with Gasteiger partial charge in [-0.15, -0.1) is 0 Å². The molecule has 0 aromatic carbocycles. The molecule has 2 aliphatic rings.